The summed E-state index contributed by atoms with van der Waals surface area (Å²) in [4.78, 5) is 26.6. The second kappa shape index (κ2) is 9.71. The predicted molar refractivity (Wildman–Crippen MR) is 113 cm³/mol. The van der Waals surface area contributed by atoms with Crippen LogP contribution in [0.1, 0.15) is 63.7 Å². The maximum Gasteiger partial charge on any atom is 0.254 e. The van der Waals surface area contributed by atoms with E-state index in [1.165, 1.54) is 33.5 Å². The minimum atomic E-state index is -3.55. The smallest absolute Gasteiger partial charge is 0.254 e. The third-order valence-electron chi connectivity index (χ3n) is 4.82. The third-order valence-corrected chi connectivity index (χ3v) is 6.73. The van der Waals surface area contributed by atoms with Crippen LogP contribution in [0.5, 0.6) is 0 Å². The topological polar surface area (TPSA) is 86.8 Å². The summed E-state index contributed by atoms with van der Waals surface area (Å²) in [5.41, 5.74) is -0.00619. The van der Waals surface area contributed by atoms with Crippen molar-refractivity contribution in [3.8, 4) is 0 Å². The van der Waals surface area contributed by atoms with Crippen molar-refractivity contribution in [2.75, 3.05) is 26.2 Å². The van der Waals surface area contributed by atoms with Crippen LogP contribution in [0.4, 0.5) is 0 Å². The van der Waals surface area contributed by atoms with Gasteiger partial charge in [-0.05, 0) is 64.8 Å². The van der Waals surface area contributed by atoms with Crippen LogP contribution >= 0.6 is 0 Å². The number of likely N-dealkylation sites (N-methyl/N-ethyl adjacent to an activating group) is 1. The first-order chi connectivity index (χ1) is 13.5. The van der Waals surface area contributed by atoms with E-state index in [1.54, 1.807) is 6.92 Å². The highest BCUT2D eigenvalue weighted by Gasteiger charge is 2.26. The van der Waals surface area contributed by atoms with E-state index in [0.717, 1.165) is 25.7 Å². The molecule has 1 saturated heterocycles. The second-order valence-corrected chi connectivity index (χ2v) is 10.4. The SMILES string of the molecule is CCN(CC(=O)NC(C)(C)C)C(=O)c1ccc(S(=O)(=O)N2CCCCCC2)cc1. The standard InChI is InChI=1S/C21H33N3O4S/c1-5-23(16-19(25)22-21(2,3)4)20(26)17-10-12-18(13-11-17)29(27,28)24-14-8-6-7-9-15-24/h10-13H,5-9,14-16H2,1-4H3,(H,22,25). The van der Waals surface area contributed by atoms with Crippen LogP contribution in [-0.4, -0.2) is 61.2 Å². The molecular formula is C21H33N3O4S. The maximum atomic E-state index is 12.9. The van der Waals surface area contributed by atoms with E-state index < -0.39 is 10.0 Å². The van der Waals surface area contributed by atoms with Gasteiger partial charge >= 0.3 is 0 Å². The first kappa shape index (κ1) is 23.3. The van der Waals surface area contributed by atoms with Crippen molar-refractivity contribution < 1.29 is 18.0 Å². The third kappa shape index (κ3) is 6.54. The summed E-state index contributed by atoms with van der Waals surface area (Å²) in [7, 11) is -3.55. The van der Waals surface area contributed by atoms with Gasteiger partial charge in [0.15, 0.2) is 0 Å². The highest BCUT2D eigenvalue weighted by atomic mass is 32.2. The van der Waals surface area contributed by atoms with Crippen LogP contribution in [0.15, 0.2) is 29.2 Å². The minimum Gasteiger partial charge on any atom is -0.350 e. The zero-order valence-electron chi connectivity index (χ0n) is 17.9. The molecule has 2 rings (SSSR count). The van der Waals surface area contributed by atoms with E-state index >= 15 is 0 Å². The number of carbonyl (C=O) groups excluding carboxylic acids is 2. The number of hydrogen-bond donors (Lipinski definition) is 1. The number of carbonyl (C=O) groups is 2. The number of hydrogen-bond acceptors (Lipinski definition) is 4. The molecule has 162 valence electrons. The number of benzene rings is 1. The normalized spacial score (nSPS) is 16.1. The van der Waals surface area contributed by atoms with Crippen molar-refractivity contribution in [1.82, 2.24) is 14.5 Å². The molecule has 1 heterocycles. The Bertz CT molecular complexity index is 805. The van der Waals surface area contributed by atoms with E-state index in [1.807, 2.05) is 20.8 Å². The average molecular weight is 424 g/mol. The zero-order chi connectivity index (χ0) is 21.7. The minimum absolute atomic E-state index is 0.0412. The summed E-state index contributed by atoms with van der Waals surface area (Å²) in [6, 6.07) is 6.02. The van der Waals surface area contributed by atoms with Gasteiger partial charge in [0.05, 0.1) is 11.4 Å². The number of nitrogens with zero attached hydrogens (tertiary/aromatic N) is 2. The van der Waals surface area contributed by atoms with E-state index in [2.05, 4.69) is 5.32 Å². The van der Waals surface area contributed by atoms with Crippen molar-refractivity contribution in [2.45, 2.75) is 63.8 Å². The molecule has 0 aliphatic carbocycles. The number of amides is 2. The lowest BCUT2D eigenvalue weighted by Gasteiger charge is -2.25. The average Bonchev–Trinajstić information content (AvgIpc) is 2.94. The summed E-state index contributed by atoms with van der Waals surface area (Å²) in [6.45, 7) is 8.86. The van der Waals surface area contributed by atoms with Gasteiger partial charge in [-0.15, -0.1) is 0 Å². The van der Waals surface area contributed by atoms with Gasteiger partial charge < -0.3 is 10.2 Å². The summed E-state index contributed by atoms with van der Waals surface area (Å²) in [6.07, 6.45) is 3.85. The van der Waals surface area contributed by atoms with Crippen LogP contribution in [0.2, 0.25) is 0 Å². The molecule has 8 heteroatoms. The van der Waals surface area contributed by atoms with Crippen LogP contribution < -0.4 is 5.32 Å². The van der Waals surface area contributed by atoms with Gasteiger partial charge in [0.2, 0.25) is 15.9 Å². The summed E-state index contributed by atoms with van der Waals surface area (Å²) in [5.74, 6) is -0.525. The summed E-state index contributed by atoms with van der Waals surface area (Å²) >= 11 is 0. The molecule has 1 aromatic carbocycles. The molecule has 1 aliphatic rings. The van der Waals surface area contributed by atoms with Gasteiger partial charge in [-0.2, -0.15) is 4.31 Å². The van der Waals surface area contributed by atoms with Crippen molar-refractivity contribution >= 4 is 21.8 Å². The summed E-state index contributed by atoms with van der Waals surface area (Å²) < 4.78 is 27.3. The maximum absolute atomic E-state index is 12.9. The Morgan fingerprint density at radius 3 is 2.07 bits per heavy atom. The molecular weight excluding hydrogens is 390 g/mol. The number of sulfonamides is 1. The molecule has 0 saturated carbocycles. The molecule has 2 amide bonds. The van der Waals surface area contributed by atoms with Crippen molar-refractivity contribution in [3.05, 3.63) is 29.8 Å². The number of rotatable bonds is 6. The Hall–Kier alpha value is -1.93. The lowest BCUT2D eigenvalue weighted by atomic mass is 10.1. The van der Waals surface area contributed by atoms with Crippen LogP contribution in [-0.2, 0) is 14.8 Å². The van der Waals surface area contributed by atoms with Crippen LogP contribution in [0.3, 0.4) is 0 Å². The van der Waals surface area contributed by atoms with Gasteiger partial charge in [-0.25, -0.2) is 8.42 Å². The fraction of sp³-hybridized carbons (Fsp3) is 0.619. The molecule has 1 aliphatic heterocycles. The lowest BCUT2D eigenvalue weighted by molar-refractivity contribution is -0.123. The van der Waals surface area contributed by atoms with E-state index in [9.17, 15) is 18.0 Å². The Balaban J connectivity index is 2.11. The van der Waals surface area contributed by atoms with Crippen molar-refractivity contribution in [1.29, 1.82) is 0 Å². The molecule has 0 aromatic heterocycles. The first-order valence-corrected chi connectivity index (χ1v) is 11.7. The molecule has 7 nitrogen and oxygen atoms in total. The van der Waals surface area contributed by atoms with E-state index in [0.29, 0.717) is 25.2 Å². The monoisotopic (exact) mass is 423 g/mol. The van der Waals surface area contributed by atoms with E-state index in [-0.39, 0.29) is 28.8 Å². The molecule has 0 unspecified atom stereocenters. The second-order valence-electron chi connectivity index (χ2n) is 8.46. The highest BCUT2D eigenvalue weighted by Crippen LogP contribution is 2.21. The Morgan fingerprint density at radius 1 is 1.03 bits per heavy atom. The first-order valence-electron chi connectivity index (χ1n) is 10.2. The molecule has 0 radical (unpaired) electrons. The van der Waals surface area contributed by atoms with Gasteiger partial charge in [0.25, 0.3) is 5.91 Å². The largest absolute Gasteiger partial charge is 0.350 e. The van der Waals surface area contributed by atoms with Gasteiger partial charge in [0.1, 0.15) is 0 Å². The fourth-order valence-corrected chi connectivity index (χ4v) is 4.86. The number of nitrogens with one attached hydrogen (secondary N) is 1. The van der Waals surface area contributed by atoms with Gasteiger partial charge in [0, 0.05) is 30.7 Å². The lowest BCUT2D eigenvalue weighted by Crippen LogP contribution is -2.47. The quantitative estimate of drug-likeness (QED) is 0.762. The molecule has 1 N–H and O–H groups in total. The molecule has 29 heavy (non-hydrogen) atoms. The molecule has 0 atom stereocenters. The van der Waals surface area contributed by atoms with Gasteiger partial charge in [-0.1, -0.05) is 12.8 Å². The Kier molecular flexibility index (Phi) is 7.82. The molecule has 0 bridgehead atoms. The van der Waals surface area contributed by atoms with Crippen LogP contribution in [0, 0.1) is 0 Å². The van der Waals surface area contributed by atoms with Crippen LogP contribution in [0.25, 0.3) is 0 Å². The molecule has 1 aromatic rings. The highest BCUT2D eigenvalue weighted by molar-refractivity contribution is 7.89. The molecule has 1 fully saturated rings. The van der Waals surface area contributed by atoms with Gasteiger partial charge in [-0.3, -0.25) is 9.59 Å². The fourth-order valence-electron chi connectivity index (χ4n) is 3.34. The van der Waals surface area contributed by atoms with E-state index in [4.69, 9.17) is 0 Å². The Morgan fingerprint density at radius 2 is 1.59 bits per heavy atom. The van der Waals surface area contributed by atoms with Crippen molar-refractivity contribution in [3.63, 3.8) is 0 Å². The van der Waals surface area contributed by atoms with Crippen molar-refractivity contribution in [2.24, 2.45) is 0 Å². The predicted octanol–water partition coefficient (Wildman–Crippen LogP) is 2.63. The molecule has 0 spiro atoms. The zero-order valence-corrected chi connectivity index (χ0v) is 18.7. The Labute approximate surface area is 174 Å². The summed E-state index contributed by atoms with van der Waals surface area (Å²) in [5, 5.41) is 2.84.